The Labute approximate surface area is 188 Å². The fraction of sp³-hybridized carbons (Fsp3) is 0.400. The average Bonchev–Trinajstić information content (AvgIpc) is 3.23. The van der Waals surface area contributed by atoms with Gasteiger partial charge in [0, 0.05) is 23.8 Å². The molecule has 3 aromatic rings. The standard InChI is InChI=1S/C25H30N4OS/c1-3-28-23(20-13-7-4-8-14-20)26-27-25(28)31-19(2)24(30)29(21-15-9-5-10-16-21)22-17-11-6-12-18-22/h5-6,9-12,15-20H,3-4,7-8,13-14H2,1-2H3. The number of carbonyl (C=O) groups is 1. The molecular formula is C25H30N4OS. The second-order valence-electron chi connectivity index (χ2n) is 8.02. The zero-order valence-corrected chi connectivity index (χ0v) is 19.1. The molecule has 31 heavy (non-hydrogen) atoms. The summed E-state index contributed by atoms with van der Waals surface area (Å²) < 4.78 is 2.21. The van der Waals surface area contributed by atoms with Crippen LogP contribution in [0.25, 0.3) is 0 Å². The first kappa shape index (κ1) is 21.6. The van der Waals surface area contributed by atoms with Gasteiger partial charge in [-0.2, -0.15) is 0 Å². The Kier molecular flexibility index (Phi) is 7.07. The predicted molar refractivity (Wildman–Crippen MR) is 127 cm³/mol. The number of hydrogen-bond donors (Lipinski definition) is 0. The van der Waals surface area contributed by atoms with Crippen molar-refractivity contribution in [1.29, 1.82) is 0 Å². The van der Waals surface area contributed by atoms with Crippen LogP contribution in [-0.4, -0.2) is 25.9 Å². The summed E-state index contributed by atoms with van der Waals surface area (Å²) in [7, 11) is 0. The van der Waals surface area contributed by atoms with Crippen molar-refractivity contribution in [2.75, 3.05) is 4.90 Å². The molecule has 0 spiro atoms. The van der Waals surface area contributed by atoms with E-state index in [2.05, 4.69) is 21.7 Å². The molecule has 0 aliphatic heterocycles. The third-order valence-corrected chi connectivity index (χ3v) is 6.98. The highest BCUT2D eigenvalue weighted by Gasteiger charge is 2.28. The Balaban J connectivity index is 1.58. The molecule has 1 atom stereocenters. The van der Waals surface area contributed by atoms with E-state index in [0.717, 1.165) is 28.9 Å². The summed E-state index contributed by atoms with van der Waals surface area (Å²) in [6.45, 7) is 4.91. The van der Waals surface area contributed by atoms with Crippen LogP contribution in [-0.2, 0) is 11.3 Å². The van der Waals surface area contributed by atoms with Crippen LogP contribution in [0.5, 0.6) is 0 Å². The Morgan fingerprint density at radius 2 is 1.58 bits per heavy atom. The first-order chi connectivity index (χ1) is 15.2. The molecule has 6 heteroatoms. The highest BCUT2D eigenvalue weighted by molar-refractivity contribution is 8.00. The number of rotatable bonds is 7. The van der Waals surface area contributed by atoms with Crippen molar-refractivity contribution >= 4 is 29.0 Å². The van der Waals surface area contributed by atoms with Crippen molar-refractivity contribution in [2.45, 2.75) is 68.8 Å². The van der Waals surface area contributed by atoms with Crippen LogP contribution >= 0.6 is 11.8 Å². The maximum Gasteiger partial charge on any atom is 0.244 e. The molecule has 5 nitrogen and oxygen atoms in total. The summed E-state index contributed by atoms with van der Waals surface area (Å²) in [6, 6.07) is 19.6. The number of para-hydroxylation sites is 2. The molecule has 1 unspecified atom stereocenters. The van der Waals surface area contributed by atoms with E-state index in [0.29, 0.717) is 5.92 Å². The molecule has 2 aromatic carbocycles. The second kappa shape index (κ2) is 10.1. The van der Waals surface area contributed by atoms with Gasteiger partial charge in [0.2, 0.25) is 5.91 Å². The van der Waals surface area contributed by atoms with Crippen molar-refractivity contribution in [3.05, 3.63) is 66.5 Å². The minimum Gasteiger partial charge on any atom is -0.306 e. The summed E-state index contributed by atoms with van der Waals surface area (Å²) in [4.78, 5) is 15.4. The van der Waals surface area contributed by atoms with Crippen LogP contribution in [0.2, 0.25) is 0 Å². The number of benzene rings is 2. The summed E-state index contributed by atoms with van der Waals surface area (Å²) in [6.07, 6.45) is 6.22. The van der Waals surface area contributed by atoms with E-state index in [1.165, 1.54) is 43.9 Å². The number of carbonyl (C=O) groups excluding carboxylic acids is 1. The first-order valence-electron chi connectivity index (χ1n) is 11.2. The largest absolute Gasteiger partial charge is 0.306 e. The molecule has 0 radical (unpaired) electrons. The van der Waals surface area contributed by atoms with E-state index in [-0.39, 0.29) is 11.2 Å². The third-order valence-electron chi connectivity index (χ3n) is 5.91. The van der Waals surface area contributed by atoms with Gasteiger partial charge in [-0.15, -0.1) is 10.2 Å². The van der Waals surface area contributed by atoms with Crippen LogP contribution in [0.15, 0.2) is 65.8 Å². The van der Waals surface area contributed by atoms with Crippen molar-refractivity contribution < 1.29 is 4.79 Å². The quantitative estimate of drug-likeness (QED) is 0.416. The van der Waals surface area contributed by atoms with E-state index >= 15 is 0 Å². The number of amides is 1. The summed E-state index contributed by atoms with van der Waals surface area (Å²) >= 11 is 1.50. The van der Waals surface area contributed by atoms with Crippen molar-refractivity contribution in [1.82, 2.24) is 14.8 Å². The van der Waals surface area contributed by atoms with Crippen LogP contribution in [0.1, 0.15) is 57.7 Å². The minimum absolute atomic E-state index is 0.0345. The van der Waals surface area contributed by atoms with Crippen molar-refractivity contribution in [3.63, 3.8) is 0 Å². The Bertz CT molecular complexity index is 944. The van der Waals surface area contributed by atoms with E-state index in [1.807, 2.05) is 67.6 Å². The lowest BCUT2D eigenvalue weighted by molar-refractivity contribution is -0.117. The molecule has 0 bridgehead atoms. The van der Waals surface area contributed by atoms with Gasteiger partial charge in [0.05, 0.1) is 5.25 Å². The molecular weight excluding hydrogens is 404 g/mol. The fourth-order valence-corrected chi connectivity index (χ4v) is 5.26. The van der Waals surface area contributed by atoms with Crippen molar-refractivity contribution in [2.24, 2.45) is 0 Å². The molecule has 162 valence electrons. The van der Waals surface area contributed by atoms with Gasteiger partial charge in [-0.05, 0) is 51.0 Å². The van der Waals surface area contributed by atoms with E-state index < -0.39 is 0 Å². The topological polar surface area (TPSA) is 51.0 Å². The fourth-order valence-electron chi connectivity index (χ4n) is 4.30. The number of anilines is 2. The Hall–Kier alpha value is -2.60. The molecule has 1 saturated carbocycles. The Morgan fingerprint density at radius 3 is 2.13 bits per heavy atom. The molecule has 0 N–H and O–H groups in total. The molecule has 1 heterocycles. The lowest BCUT2D eigenvalue weighted by Crippen LogP contribution is -2.33. The summed E-state index contributed by atoms with van der Waals surface area (Å²) in [5.41, 5.74) is 1.73. The van der Waals surface area contributed by atoms with Crippen LogP contribution in [0.3, 0.4) is 0 Å². The minimum atomic E-state index is -0.297. The lowest BCUT2D eigenvalue weighted by atomic mass is 9.89. The SMILES string of the molecule is CCn1c(SC(C)C(=O)N(c2ccccc2)c2ccccc2)nnc1C1CCCCC1. The second-order valence-corrected chi connectivity index (χ2v) is 9.33. The van der Waals surface area contributed by atoms with E-state index in [1.54, 1.807) is 4.90 Å². The lowest BCUT2D eigenvalue weighted by Gasteiger charge is -2.26. The Morgan fingerprint density at radius 1 is 1.00 bits per heavy atom. The van der Waals surface area contributed by atoms with Gasteiger partial charge in [0.15, 0.2) is 5.16 Å². The van der Waals surface area contributed by atoms with Crippen LogP contribution < -0.4 is 4.90 Å². The van der Waals surface area contributed by atoms with Crippen LogP contribution in [0.4, 0.5) is 11.4 Å². The molecule has 1 amide bonds. The average molecular weight is 435 g/mol. The van der Waals surface area contributed by atoms with Crippen molar-refractivity contribution in [3.8, 4) is 0 Å². The zero-order chi connectivity index (χ0) is 21.6. The maximum absolute atomic E-state index is 13.6. The maximum atomic E-state index is 13.6. The normalized spacial score (nSPS) is 15.5. The summed E-state index contributed by atoms with van der Waals surface area (Å²) in [5, 5.41) is 9.59. The number of hydrogen-bond acceptors (Lipinski definition) is 4. The third kappa shape index (κ3) is 4.85. The molecule has 1 aliphatic rings. The molecule has 1 aromatic heterocycles. The molecule has 1 fully saturated rings. The molecule has 4 rings (SSSR count). The monoisotopic (exact) mass is 434 g/mol. The number of aromatic nitrogens is 3. The highest BCUT2D eigenvalue weighted by atomic mass is 32.2. The zero-order valence-electron chi connectivity index (χ0n) is 18.3. The molecule has 0 saturated heterocycles. The smallest absolute Gasteiger partial charge is 0.244 e. The number of nitrogens with zero attached hydrogens (tertiary/aromatic N) is 4. The predicted octanol–water partition coefficient (Wildman–Crippen LogP) is 6.19. The summed E-state index contributed by atoms with van der Waals surface area (Å²) in [5.74, 6) is 1.62. The van der Waals surface area contributed by atoms with Gasteiger partial charge in [-0.3, -0.25) is 9.69 Å². The van der Waals surface area contributed by atoms with Gasteiger partial charge in [0.1, 0.15) is 5.82 Å². The van der Waals surface area contributed by atoms with Gasteiger partial charge in [-0.1, -0.05) is 67.4 Å². The highest BCUT2D eigenvalue weighted by Crippen LogP contribution is 2.35. The van der Waals surface area contributed by atoms with Gasteiger partial charge in [0.25, 0.3) is 0 Å². The first-order valence-corrected chi connectivity index (χ1v) is 12.1. The van der Waals surface area contributed by atoms with Gasteiger partial charge in [-0.25, -0.2) is 0 Å². The molecule has 1 aliphatic carbocycles. The number of thioether (sulfide) groups is 1. The van der Waals surface area contributed by atoms with Gasteiger partial charge < -0.3 is 4.57 Å². The van der Waals surface area contributed by atoms with E-state index in [4.69, 9.17) is 0 Å². The van der Waals surface area contributed by atoms with Crippen LogP contribution in [0, 0.1) is 0 Å². The van der Waals surface area contributed by atoms with Gasteiger partial charge >= 0.3 is 0 Å². The van der Waals surface area contributed by atoms with E-state index in [9.17, 15) is 4.79 Å².